The van der Waals surface area contributed by atoms with E-state index in [1.807, 2.05) is 11.9 Å². The topological polar surface area (TPSA) is 102 Å². The number of anilines is 1. The number of nitrogens with one attached hydrogen (secondary N) is 1. The first-order valence-corrected chi connectivity index (χ1v) is 14.4. The van der Waals surface area contributed by atoms with Crippen molar-refractivity contribution in [2.24, 2.45) is 11.7 Å². The summed E-state index contributed by atoms with van der Waals surface area (Å²) in [6.45, 7) is 0.918. The van der Waals surface area contributed by atoms with E-state index in [0.717, 1.165) is 6.26 Å². The average Bonchev–Trinajstić information content (AvgIpc) is 3.21. The predicted molar refractivity (Wildman–Crippen MR) is 144 cm³/mol. The summed E-state index contributed by atoms with van der Waals surface area (Å²) >= 11 is 0. The number of pyridine rings is 1. The maximum Gasteiger partial charge on any atom is 0.394 e. The minimum atomic E-state index is -4.52. The Hall–Kier alpha value is -3.34. The van der Waals surface area contributed by atoms with E-state index in [4.69, 9.17) is 10.5 Å². The summed E-state index contributed by atoms with van der Waals surface area (Å²) in [5.41, 5.74) is 7.42. The fourth-order valence-electron chi connectivity index (χ4n) is 4.88. The van der Waals surface area contributed by atoms with Gasteiger partial charge in [-0.25, -0.2) is 17.8 Å². The number of fused-ring (bicyclic) bond motifs is 1. The third kappa shape index (κ3) is 6.68. The van der Waals surface area contributed by atoms with Gasteiger partial charge >= 0.3 is 6.18 Å². The van der Waals surface area contributed by atoms with Gasteiger partial charge in [-0.2, -0.15) is 13.2 Å². The molecule has 1 saturated heterocycles. The van der Waals surface area contributed by atoms with Crippen LogP contribution < -0.4 is 15.8 Å². The van der Waals surface area contributed by atoms with Crippen LogP contribution >= 0.6 is 0 Å². The number of sulfone groups is 1. The van der Waals surface area contributed by atoms with Gasteiger partial charge in [0.25, 0.3) is 0 Å². The molecule has 1 aliphatic heterocycles. The number of ether oxygens (including phenoxy) is 1. The van der Waals surface area contributed by atoms with Gasteiger partial charge in [-0.05, 0) is 44.1 Å². The monoisotopic (exact) mass is 581 g/mol. The summed E-state index contributed by atoms with van der Waals surface area (Å²) in [5, 5.41) is 2.98. The van der Waals surface area contributed by atoms with E-state index in [1.54, 1.807) is 12.1 Å². The molecule has 3 heterocycles. The lowest BCUT2D eigenvalue weighted by Gasteiger charge is -2.35. The van der Waals surface area contributed by atoms with Crippen LogP contribution in [0.3, 0.4) is 0 Å². The minimum absolute atomic E-state index is 0.0133. The van der Waals surface area contributed by atoms with Crippen LogP contribution in [0.4, 0.5) is 23.2 Å². The normalized spacial score (nSPS) is 19.2. The highest BCUT2D eigenvalue weighted by atomic mass is 32.2. The number of methoxy groups -OCH3 is 1. The summed E-state index contributed by atoms with van der Waals surface area (Å²) in [4.78, 5) is 6.38. The van der Waals surface area contributed by atoms with Gasteiger partial charge < -0.3 is 25.1 Å². The zero-order valence-corrected chi connectivity index (χ0v) is 23.1. The van der Waals surface area contributed by atoms with Crippen molar-refractivity contribution in [3.8, 4) is 17.6 Å². The fourth-order valence-corrected chi connectivity index (χ4v) is 5.52. The van der Waals surface area contributed by atoms with E-state index in [9.17, 15) is 26.0 Å². The molecule has 3 atom stereocenters. The number of imidazole rings is 1. The highest BCUT2D eigenvalue weighted by Gasteiger charge is 2.35. The van der Waals surface area contributed by atoms with Gasteiger partial charge in [0.2, 0.25) is 0 Å². The van der Waals surface area contributed by atoms with E-state index in [0.29, 0.717) is 24.2 Å². The quantitative estimate of drug-likeness (QED) is 0.325. The zero-order valence-electron chi connectivity index (χ0n) is 22.3. The SMILES string of the molecule is COc1cc(S(C)(=O)=O)ccc1NCC#Cc1nc2c([C@H](N)[C@H]3CCN(C)C[C@@H]3F)cccn2c1CC(F)(F)F. The second-order valence-electron chi connectivity index (χ2n) is 9.90. The molecule has 0 radical (unpaired) electrons. The average molecular weight is 582 g/mol. The second-order valence-corrected chi connectivity index (χ2v) is 11.9. The van der Waals surface area contributed by atoms with Crippen molar-refractivity contribution in [3.63, 3.8) is 0 Å². The standard InChI is InChI=1S/C27H31F4N5O3S/c1-35-13-10-18(20(28)16-35)25(32)19-6-5-12-36-23(15-27(29,30)31)21(34-26(19)36)7-4-11-33-22-9-8-17(40(3,37)38)14-24(22)39-2/h5-6,8-9,12,14,18,20,25,33H,10-11,13,15-16,32H2,1-3H3/t18-,20-,25+/m0/s1. The molecule has 0 saturated carbocycles. The van der Waals surface area contributed by atoms with Gasteiger partial charge in [0.15, 0.2) is 9.84 Å². The van der Waals surface area contributed by atoms with Crippen LogP contribution in [0.2, 0.25) is 0 Å². The third-order valence-corrected chi connectivity index (χ3v) is 8.05. The molecule has 216 valence electrons. The van der Waals surface area contributed by atoms with Crippen LogP contribution in [0.1, 0.15) is 29.4 Å². The van der Waals surface area contributed by atoms with Crippen molar-refractivity contribution in [1.82, 2.24) is 14.3 Å². The van der Waals surface area contributed by atoms with Crippen molar-refractivity contribution in [3.05, 3.63) is 53.5 Å². The maximum absolute atomic E-state index is 14.9. The number of nitrogens with two attached hydrogens (primary N) is 1. The van der Waals surface area contributed by atoms with Gasteiger partial charge in [-0.15, -0.1) is 0 Å². The second kappa shape index (κ2) is 11.6. The summed E-state index contributed by atoms with van der Waals surface area (Å²) in [6, 6.07) is 6.79. The molecule has 1 aliphatic rings. The number of halogens is 4. The minimum Gasteiger partial charge on any atom is -0.495 e. The van der Waals surface area contributed by atoms with Gasteiger partial charge in [-0.1, -0.05) is 12.0 Å². The summed E-state index contributed by atoms with van der Waals surface area (Å²) in [7, 11) is -0.226. The van der Waals surface area contributed by atoms with Gasteiger partial charge in [0, 0.05) is 42.6 Å². The van der Waals surface area contributed by atoms with Gasteiger partial charge in [0.1, 0.15) is 23.3 Å². The fraction of sp³-hybridized carbons (Fsp3) is 0.444. The number of piperidine rings is 1. The van der Waals surface area contributed by atoms with Crippen LogP contribution in [0, 0.1) is 17.8 Å². The van der Waals surface area contributed by atoms with Crippen molar-refractivity contribution in [2.45, 2.75) is 36.1 Å². The van der Waals surface area contributed by atoms with Crippen molar-refractivity contribution >= 4 is 21.2 Å². The molecule has 0 aliphatic carbocycles. The van der Waals surface area contributed by atoms with Gasteiger partial charge in [0.05, 0.1) is 36.4 Å². The highest BCUT2D eigenvalue weighted by Crippen LogP contribution is 2.34. The molecule has 4 rings (SSSR count). The number of rotatable bonds is 7. The molecular weight excluding hydrogens is 550 g/mol. The number of benzene rings is 1. The summed E-state index contributed by atoms with van der Waals surface area (Å²) in [6.07, 6.45) is -3.88. The first-order chi connectivity index (χ1) is 18.8. The van der Waals surface area contributed by atoms with E-state index in [2.05, 4.69) is 22.1 Å². The van der Waals surface area contributed by atoms with Crippen LogP contribution in [-0.4, -0.2) is 75.1 Å². The molecule has 13 heteroatoms. The number of hydrogen-bond donors (Lipinski definition) is 2. The van der Waals surface area contributed by atoms with E-state index in [-0.39, 0.29) is 40.8 Å². The van der Waals surface area contributed by atoms with Crippen LogP contribution in [0.5, 0.6) is 5.75 Å². The smallest absolute Gasteiger partial charge is 0.394 e. The van der Waals surface area contributed by atoms with E-state index >= 15 is 0 Å². The molecule has 8 nitrogen and oxygen atoms in total. The molecule has 3 N–H and O–H groups in total. The van der Waals surface area contributed by atoms with Crippen molar-refractivity contribution < 1.29 is 30.7 Å². The molecule has 0 unspecified atom stereocenters. The summed E-state index contributed by atoms with van der Waals surface area (Å²) < 4.78 is 85.7. The highest BCUT2D eigenvalue weighted by molar-refractivity contribution is 7.90. The van der Waals surface area contributed by atoms with Crippen LogP contribution in [0.15, 0.2) is 41.4 Å². The Labute approximate surface area is 230 Å². The molecule has 1 aromatic carbocycles. The lowest BCUT2D eigenvalue weighted by Crippen LogP contribution is -2.43. The number of aromatic nitrogens is 2. The molecule has 0 spiro atoms. The Kier molecular flexibility index (Phi) is 8.63. The van der Waals surface area contributed by atoms with Crippen molar-refractivity contribution in [2.75, 3.05) is 45.4 Å². The van der Waals surface area contributed by atoms with Gasteiger partial charge in [-0.3, -0.25) is 0 Å². The number of nitrogens with zero attached hydrogens (tertiary/aromatic N) is 3. The molecule has 3 aromatic rings. The number of likely N-dealkylation sites (tertiary alicyclic amines) is 1. The number of hydrogen-bond acceptors (Lipinski definition) is 7. The predicted octanol–water partition coefficient (Wildman–Crippen LogP) is 3.60. The van der Waals surface area contributed by atoms with Crippen molar-refractivity contribution in [1.29, 1.82) is 0 Å². The molecule has 40 heavy (non-hydrogen) atoms. The van der Waals surface area contributed by atoms with Crippen LogP contribution in [0.25, 0.3) is 5.65 Å². The third-order valence-electron chi connectivity index (χ3n) is 6.94. The maximum atomic E-state index is 14.9. The lowest BCUT2D eigenvalue weighted by atomic mass is 9.85. The zero-order chi connectivity index (χ0) is 29.2. The van der Waals surface area contributed by atoms with E-state index < -0.39 is 40.6 Å². The van der Waals surface area contributed by atoms with E-state index in [1.165, 1.54) is 35.9 Å². The molecule has 0 amide bonds. The number of alkyl halides is 4. The molecule has 0 bridgehead atoms. The first kappa shape index (κ1) is 29.6. The Morgan fingerprint density at radius 3 is 2.70 bits per heavy atom. The molecule has 1 fully saturated rings. The Morgan fingerprint density at radius 2 is 2.05 bits per heavy atom. The molecular formula is C27H31F4N5O3S. The largest absolute Gasteiger partial charge is 0.495 e. The lowest BCUT2D eigenvalue weighted by molar-refractivity contribution is -0.128. The summed E-state index contributed by atoms with van der Waals surface area (Å²) in [5.74, 6) is 5.29. The Balaban J connectivity index is 1.64. The Morgan fingerprint density at radius 1 is 1.30 bits per heavy atom. The first-order valence-electron chi connectivity index (χ1n) is 12.5. The Bertz CT molecular complexity index is 1550. The van der Waals surface area contributed by atoms with Crippen LogP contribution in [-0.2, 0) is 16.3 Å². The molecule has 2 aromatic heterocycles.